The highest BCUT2D eigenvalue weighted by atomic mass is 16.5. The molecule has 3 rings (SSSR count). The van der Waals surface area contributed by atoms with Crippen molar-refractivity contribution in [3.05, 3.63) is 34.9 Å². The predicted molar refractivity (Wildman–Crippen MR) is 82.2 cm³/mol. The van der Waals surface area contributed by atoms with Gasteiger partial charge < -0.3 is 15.8 Å². The lowest BCUT2D eigenvalue weighted by Gasteiger charge is -2.24. The van der Waals surface area contributed by atoms with Crippen LogP contribution in [0.15, 0.2) is 18.2 Å². The molecule has 4 heteroatoms. The van der Waals surface area contributed by atoms with Crippen LogP contribution in [-0.4, -0.2) is 25.2 Å². The Morgan fingerprint density at radius 3 is 3.10 bits per heavy atom. The van der Waals surface area contributed by atoms with Crippen molar-refractivity contribution in [1.29, 1.82) is 0 Å². The van der Waals surface area contributed by atoms with Crippen molar-refractivity contribution < 1.29 is 9.53 Å². The Hall–Kier alpha value is -1.39. The van der Waals surface area contributed by atoms with Crippen molar-refractivity contribution in [1.82, 2.24) is 5.32 Å². The molecule has 2 heterocycles. The minimum Gasteiger partial charge on any atom is -0.378 e. The second kappa shape index (κ2) is 6.58. The van der Waals surface area contributed by atoms with Crippen LogP contribution in [0.3, 0.4) is 0 Å². The Bertz CT molecular complexity index is 510. The first-order valence-corrected chi connectivity index (χ1v) is 8.02. The summed E-state index contributed by atoms with van der Waals surface area (Å²) in [7, 11) is 0. The first-order chi connectivity index (χ1) is 10.2. The van der Waals surface area contributed by atoms with Gasteiger partial charge >= 0.3 is 0 Å². The summed E-state index contributed by atoms with van der Waals surface area (Å²) in [5.74, 6) is 0.0286. The van der Waals surface area contributed by atoms with E-state index >= 15 is 0 Å². The number of benzene rings is 1. The fraction of sp³-hybridized carbons (Fsp3) is 0.588. The van der Waals surface area contributed by atoms with Crippen LogP contribution in [0.1, 0.15) is 59.6 Å². The van der Waals surface area contributed by atoms with Crippen LogP contribution in [0.2, 0.25) is 0 Å². The van der Waals surface area contributed by atoms with E-state index in [4.69, 9.17) is 10.5 Å². The molecular weight excluding hydrogens is 264 g/mol. The third-order valence-electron chi connectivity index (χ3n) is 4.56. The summed E-state index contributed by atoms with van der Waals surface area (Å²) in [5, 5.41) is 2.89. The number of rotatable bonds is 4. The molecule has 114 valence electrons. The van der Waals surface area contributed by atoms with E-state index in [1.54, 1.807) is 0 Å². The second-order valence-electron chi connectivity index (χ2n) is 6.09. The van der Waals surface area contributed by atoms with Gasteiger partial charge in [0.25, 0.3) is 5.91 Å². The zero-order valence-corrected chi connectivity index (χ0v) is 12.4. The molecule has 1 amide bonds. The molecule has 2 unspecified atom stereocenters. The molecule has 4 nitrogen and oxygen atoms in total. The van der Waals surface area contributed by atoms with Gasteiger partial charge in [0.15, 0.2) is 0 Å². The van der Waals surface area contributed by atoms with Crippen molar-refractivity contribution in [2.45, 2.75) is 50.7 Å². The fourth-order valence-corrected chi connectivity index (χ4v) is 3.23. The lowest BCUT2D eigenvalue weighted by atomic mass is 9.93. The Balaban J connectivity index is 1.63. The summed E-state index contributed by atoms with van der Waals surface area (Å²) in [5.41, 5.74) is 9.29. The van der Waals surface area contributed by atoms with E-state index in [1.807, 2.05) is 6.07 Å². The summed E-state index contributed by atoms with van der Waals surface area (Å²) in [6.07, 6.45) is 6.79. The van der Waals surface area contributed by atoms with Gasteiger partial charge in [-0.15, -0.1) is 0 Å². The molecule has 0 spiro atoms. The van der Waals surface area contributed by atoms with Crippen LogP contribution in [0.5, 0.6) is 0 Å². The predicted octanol–water partition coefficient (Wildman–Crippen LogP) is 2.32. The summed E-state index contributed by atoms with van der Waals surface area (Å²) in [4.78, 5) is 11.9. The van der Waals surface area contributed by atoms with Crippen LogP contribution in [0, 0.1) is 0 Å². The highest BCUT2D eigenvalue weighted by Crippen LogP contribution is 2.25. The van der Waals surface area contributed by atoms with E-state index in [0.29, 0.717) is 6.10 Å². The Labute approximate surface area is 126 Å². The quantitative estimate of drug-likeness (QED) is 0.893. The number of nitrogens with one attached hydrogen (secondary N) is 1. The Kier molecular flexibility index (Phi) is 4.56. The number of fused-ring (bicyclic) bond motifs is 1. The number of carbonyl (C=O) groups is 1. The molecule has 0 radical (unpaired) electrons. The van der Waals surface area contributed by atoms with Crippen molar-refractivity contribution in [3.8, 4) is 0 Å². The summed E-state index contributed by atoms with van der Waals surface area (Å²) < 4.78 is 5.75. The van der Waals surface area contributed by atoms with Gasteiger partial charge in [-0.25, -0.2) is 0 Å². The first kappa shape index (κ1) is 14.5. The summed E-state index contributed by atoms with van der Waals surface area (Å²) in [6, 6.07) is 6.08. The molecule has 3 N–H and O–H groups in total. The van der Waals surface area contributed by atoms with Gasteiger partial charge in [0.1, 0.15) is 0 Å². The van der Waals surface area contributed by atoms with Crippen LogP contribution >= 0.6 is 0 Å². The number of nitrogens with two attached hydrogens (primary N) is 1. The van der Waals surface area contributed by atoms with Crippen LogP contribution in [-0.2, 0) is 11.2 Å². The number of hydrogen-bond acceptors (Lipinski definition) is 3. The fourth-order valence-electron chi connectivity index (χ4n) is 3.23. The van der Waals surface area contributed by atoms with Crippen LogP contribution in [0.4, 0.5) is 0 Å². The van der Waals surface area contributed by atoms with Crippen LogP contribution in [0.25, 0.3) is 0 Å². The molecular formula is C17H24N2O2. The third-order valence-corrected chi connectivity index (χ3v) is 4.56. The molecule has 2 aliphatic rings. The molecule has 0 aliphatic carbocycles. The monoisotopic (exact) mass is 288 g/mol. The average molecular weight is 288 g/mol. The number of ether oxygens (including phenoxy) is 1. The first-order valence-electron chi connectivity index (χ1n) is 8.02. The van der Waals surface area contributed by atoms with E-state index in [1.165, 1.54) is 12.8 Å². The lowest BCUT2D eigenvalue weighted by molar-refractivity contribution is 0.00912. The summed E-state index contributed by atoms with van der Waals surface area (Å²) in [6.45, 7) is 1.62. The standard InChI is InChI=1S/C17H24N2O2/c18-16(7-6-14-3-1-2-10-21-14)13-5-4-12-8-9-19-17(20)15(12)11-13/h4-5,11,14,16H,1-3,6-10,18H2,(H,19,20). The van der Waals surface area contributed by atoms with E-state index in [-0.39, 0.29) is 11.9 Å². The maximum absolute atomic E-state index is 11.9. The van der Waals surface area contributed by atoms with Gasteiger partial charge in [-0.2, -0.15) is 0 Å². The van der Waals surface area contributed by atoms with Crippen molar-refractivity contribution >= 4 is 5.91 Å². The third kappa shape index (κ3) is 3.44. The zero-order valence-electron chi connectivity index (χ0n) is 12.4. The van der Waals surface area contributed by atoms with E-state index in [0.717, 1.165) is 55.5 Å². The average Bonchev–Trinajstić information content (AvgIpc) is 2.54. The highest BCUT2D eigenvalue weighted by molar-refractivity contribution is 5.96. The molecule has 1 saturated heterocycles. The van der Waals surface area contributed by atoms with Crippen LogP contribution < -0.4 is 11.1 Å². The van der Waals surface area contributed by atoms with Gasteiger partial charge in [-0.05, 0) is 55.7 Å². The summed E-state index contributed by atoms with van der Waals surface area (Å²) >= 11 is 0. The maximum atomic E-state index is 11.9. The number of amides is 1. The van der Waals surface area contributed by atoms with Gasteiger partial charge in [0.05, 0.1) is 6.10 Å². The van der Waals surface area contributed by atoms with Gasteiger partial charge in [0, 0.05) is 24.8 Å². The zero-order chi connectivity index (χ0) is 14.7. The molecule has 21 heavy (non-hydrogen) atoms. The largest absolute Gasteiger partial charge is 0.378 e. The number of hydrogen-bond donors (Lipinski definition) is 2. The number of carbonyl (C=O) groups excluding carboxylic acids is 1. The van der Waals surface area contributed by atoms with E-state index in [2.05, 4.69) is 17.4 Å². The second-order valence-corrected chi connectivity index (χ2v) is 6.09. The van der Waals surface area contributed by atoms with E-state index < -0.39 is 0 Å². The molecule has 1 fully saturated rings. The molecule has 2 aliphatic heterocycles. The minimum absolute atomic E-state index is 0.0180. The van der Waals surface area contributed by atoms with Gasteiger partial charge in [-0.1, -0.05) is 12.1 Å². The van der Waals surface area contributed by atoms with Gasteiger partial charge in [0.2, 0.25) is 0 Å². The highest BCUT2D eigenvalue weighted by Gasteiger charge is 2.20. The van der Waals surface area contributed by atoms with E-state index in [9.17, 15) is 4.79 Å². The molecule has 0 bridgehead atoms. The normalized spacial score (nSPS) is 23.3. The van der Waals surface area contributed by atoms with Crippen molar-refractivity contribution in [2.24, 2.45) is 5.73 Å². The topological polar surface area (TPSA) is 64.3 Å². The Morgan fingerprint density at radius 2 is 2.29 bits per heavy atom. The van der Waals surface area contributed by atoms with Gasteiger partial charge in [-0.3, -0.25) is 4.79 Å². The molecule has 0 saturated carbocycles. The molecule has 1 aromatic rings. The van der Waals surface area contributed by atoms with Crippen molar-refractivity contribution in [3.63, 3.8) is 0 Å². The molecule has 0 aromatic heterocycles. The minimum atomic E-state index is -0.0180. The maximum Gasteiger partial charge on any atom is 0.251 e. The molecule has 2 atom stereocenters. The lowest BCUT2D eigenvalue weighted by Crippen LogP contribution is -2.32. The van der Waals surface area contributed by atoms with Crippen molar-refractivity contribution in [2.75, 3.05) is 13.2 Å². The smallest absolute Gasteiger partial charge is 0.251 e. The SMILES string of the molecule is NC(CCC1CCCCO1)c1ccc2c(c1)C(=O)NCC2. The molecule has 1 aromatic carbocycles. The Morgan fingerprint density at radius 1 is 1.38 bits per heavy atom.